The molecule has 0 fully saturated rings. The second-order valence-electron chi connectivity index (χ2n) is 3.39. The van der Waals surface area contributed by atoms with Crippen LogP contribution in [-0.2, 0) is 0 Å². The smallest absolute Gasteiger partial charge is 0.159 e. The molecule has 0 aliphatic heterocycles. The van der Waals surface area contributed by atoms with E-state index in [1.54, 1.807) is 35.1 Å². The molecule has 0 amide bonds. The highest BCUT2D eigenvalue weighted by Gasteiger charge is 2.02. The van der Waals surface area contributed by atoms with E-state index >= 15 is 0 Å². The third-order valence-corrected chi connectivity index (χ3v) is 2.25. The molecule has 16 heavy (non-hydrogen) atoms. The number of carbonyl (C=O) groups is 1. The third kappa shape index (κ3) is 1.84. The quantitative estimate of drug-likeness (QED) is 0.713. The summed E-state index contributed by atoms with van der Waals surface area (Å²) < 4.78 is 1.60. The number of ketones is 1. The number of nitriles is 1. The molecule has 0 spiro atoms. The lowest BCUT2D eigenvalue weighted by molar-refractivity contribution is 0.101. The third-order valence-electron chi connectivity index (χ3n) is 2.25. The van der Waals surface area contributed by atoms with E-state index in [0.717, 1.165) is 5.69 Å². The summed E-state index contributed by atoms with van der Waals surface area (Å²) >= 11 is 0. The van der Waals surface area contributed by atoms with Gasteiger partial charge in [-0.25, -0.2) is 4.68 Å². The van der Waals surface area contributed by atoms with Crippen LogP contribution < -0.4 is 0 Å². The van der Waals surface area contributed by atoms with Crippen LogP contribution in [0.4, 0.5) is 0 Å². The van der Waals surface area contributed by atoms with Gasteiger partial charge in [-0.2, -0.15) is 10.4 Å². The normalized spacial score (nSPS) is 9.75. The summed E-state index contributed by atoms with van der Waals surface area (Å²) in [7, 11) is 0. The lowest BCUT2D eigenvalue weighted by Gasteiger charge is -2.01. The lowest BCUT2D eigenvalue weighted by atomic mass is 10.1. The van der Waals surface area contributed by atoms with E-state index in [1.165, 1.54) is 13.1 Å². The van der Waals surface area contributed by atoms with E-state index in [-0.39, 0.29) is 5.78 Å². The number of Topliss-reactive ketones (excluding diaryl/α,β-unsaturated/α-hetero) is 1. The van der Waals surface area contributed by atoms with Gasteiger partial charge in [0.2, 0.25) is 0 Å². The predicted octanol–water partition coefficient (Wildman–Crippen LogP) is 1.95. The maximum absolute atomic E-state index is 11.1. The molecule has 78 valence electrons. The van der Waals surface area contributed by atoms with Crippen molar-refractivity contribution in [3.05, 3.63) is 47.8 Å². The maximum Gasteiger partial charge on any atom is 0.159 e. The molecule has 0 aliphatic carbocycles. The summed E-state index contributed by atoms with van der Waals surface area (Å²) in [6.45, 7) is 1.52. The highest BCUT2D eigenvalue weighted by molar-refractivity contribution is 5.94. The summed E-state index contributed by atoms with van der Waals surface area (Å²) in [5.74, 6) is 0.0322. The summed E-state index contributed by atoms with van der Waals surface area (Å²) in [6.07, 6.45) is 3.14. The van der Waals surface area contributed by atoms with Gasteiger partial charge in [-0.15, -0.1) is 0 Å². The topological polar surface area (TPSA) is 58.7 Å². The Balaban J connectivity index is 2.35. The minimum absolute atomic E-state index is 0.0322. The average molecular weight is 211 g/mol. The van der Waals surface area contributed by atoms with Gasteiger partial charge in [-0.3, -0.25) is 4.79 Å². The number of rotatable bonds is 2. The van der Waals surface area contributed by atoms with Crippen molar-refractivity contribution in [1.29, 1.82) is 5.26 Å². The molecule has 0 saturated heterocycles. The number of benzene rings is 1. The summed E-state index contributed by atoms with van der Waals surface area (Å²) in [5.41, 5.74) is 2.00. The molecule has 4 heteroatoms. The molecule has 1 aromatic carbocycles. The molecular weight excluding hydrogens is 202 g/mol. The van der Waals surface area contributed by atoms with Crippen LogP contribution in [0.3, 0.4) is 0 Å². The van der Waals surface area contributed by atoms with Gasteiger partial charge in [0.05, 0.1) is 17.4 Å². The zero-order valence-electron chi connectivity index (χ0n) is 8.71. The van der Waals surface area contributed by atoms with Crippen molar-refractivity contribution in [2.24, 2.45) is 0 Å². The van der Waals surface area contributed by atoms with Crippen LogP contribution in [0.15, 0.2) is 36.7 Å². The maximum atomic E-state index is 11.1. The number of hydrogen-bond acceptors (Lipinski definition) is 3. The molecule has 1 heterocycles. The summed E-state index contributed by atoms with van der Waals surface area (Å²) in [5, 5.41) is 12.7. The Morgan fingerprint density at radius 2 is 2.06 bits per heavy atom. The van der Waals surface area contributed by atoms with E-state index in [1.807, 2.05) is 6.07 Å². The molecule has 0 atom stereocenters. The van der Waals surface area contributed by atoms with Crippen LogP contribution in [0.2, 0.25) is 0 Å². The first-order valence-electron chi connectivity index (χ1n) is 4.77. The Labute approximate surface area is 92.7 Å². The van der Waals surface area contributed by atoms with Gasteiger partial charge in [0.1, 0.15) is 6.07 Å². The molecule has 2 aromatic rings. The molecule has 2 rings (SSSR count). The molecule has 0 saturated carbocycles. The van der Waals surface area contributed by atoms with Gasteiger partial charge in [-0.05, 0) is 31.2 Å². The summed E-state index contributed by atoms with van der Waals surface area (Å²) in [4.78, 5) is 11.1. The Bertz CT molecular complexity index is 561. The fourth-order valence-corrected chi connectivity index (χ4v) is 1.37. The van der Waals surface area contributed by atoms with Gasteiger partial charge in [0.15, 0.2) is 5.78 Å². The van der Waals surface area contributed by atoms with Crippen molar-refractivity contribution in [2.75, 3.05) is 0 Å². The molecule has 0 radical (unpaired) electrons. The van der Waals surface area contributed by atoms with Crippen LogP contribution in [0.5, 0.6) is 0 Å². The SMILES string of the molecule is CC(=O)c1ccc(-n2cc(C#N)cn2)cc1. The van der Waals surface area contributed by atoms with Crippen molar-refractivity contribution in [3.63, 3.8) is 0 Å². The van der Waals surface area contributed by atoms with Gasteiger partial charge >= 0.3 is 0 Å². The molecule has 1 aromatic heterocycles. The molecule has 0 aliphatic rings. The van der Waals surface area contributed by atoms with Crippen LogP contribution in [0, 0.1) is 11.3 Å². The fraction of sp³-hybridized carbons (Fsp3) is 0.0833. The highest BCUT2D eigenvalue weighted by Crippen LogP contribution is 2.10. The lowest BCUT2D eigenvalue weighted by Crippen LogP contribution is -1.96. The van der Waals surface area contributed by atoms with E-state index in [2.05, 4.69) is 5.10 Å². The van der Waals surface area contributed by atoms with E-state index in [4.69, 9.17) is 5.26 Å². The minimum Gasteiger partial charge on any atom is -0.295 e. The number of aromatic nitrogens is 2. The van der Waals surface area contributed by atoms with E-state index in [0.29, 0.717) is 11.1 Å². The predicted molar refractivity (Wildman–Crippen MR) is 58.3 cm³/mol. The molecule has 0 N–H and O–H groups in total. The van der Waals surface area contributed by atoms with E-state index < -0.39 is 0 Å². The Morgan fingerprint density at radius 3 is 2.56 bits per heavy atom. The van der Waals surface area contributed by atoms with Gasteiger partial charge in [0, 0.05) is 11.8 Å². The molecule has 4 nitrogen and oxygen atoms in total. The van der Waals surface area contributed by atoms with Gasteiger partial charge in [0.25, 0.3) is 0 Å². The first-order valence-corrected chi connectivity index (χ1v) is 4.77. The van der Waals surface area contributed by atoms with Crippen LogP contribution in [-0.4, -0.2) is 15.6 Å². The zero-order chi connectivity index (χ0) is 11.5. The second-order valence-corrected chi connectivity index (χ2v) is 3.39. The van der Waals surface area contributed by atoms with Crippen LogP contribution in [0.1, 0.15) is 22.8 Å². The number of carbonyl (C=O) groups excluding carboxylic acids is 1. The van der Waals surface area contributed by atoms with Gasteiger partial charge in [-0.1, -0.05) is 0 Å². The molecule has 0 unspecified atom stereocenters. The van der Waals surface area contributed by atoms with Crippen molar-refractivity contribution in [3.8, 4) is 11.8 Å². The summed E-state index contributed by atoms with van der Waals surface area (Å²) in [6, 6.07) is 9.09. The molecule has 0 bridgehead atoms. The average Bonchev–Trinajstić information content (AvgIpc) is 2.77. The van der Waals surface area contributed by atoms with Crippen LogP contribution >= 0.6 is 0 Å². The first kappa shape index (κ1) is 10.1. The van der Waals surface area contributed by atoms with Crippen LogP contribution in [0.25, 0.3) is 5.69 Å². The Hall–Kier alpha value is -2.41. The minimum atomic E-state index is 0.0322. The van der Waals surface area contributed by atoms with Crippen molar-refractivity contribution in [1.82, 2.24) is 9.78 Å². The fourth-order valence-electron chi connectivity index (χ4n) is 1.37. The molecular formula is C12H9N3O. The Kier molecular flexibility index (Phi) is 2.52. The number of hydrogen-bond donors (Lipinski definition) is 0. The standard InChI is InChI=1S/C12H9N3O/c1-9(16)11-2-4-12(5-3-11)15-8-10(6-13)7-14-15/h2-5,7-8H,1H3. The van der Waals surface area contributed by atoms with Crippen molar-refractivity contribution >= 4 is 5.78 Å². The zero-order valence-corrected chi connectivity index (χ0v) is 8.71. The van der Waals surface area contributed by atoms with E-state index in [9.17, 15) is 4.79 Å². The van der Waals surface area contributed by atoms with Crippen molar-refractivity contribution in [2.45, 2.75) is 6.92 Å². The van der Waals surface area contributed by atoms with Gasteiger partial charge < -0.3 is 0 Å². The highest BCUT2D eigenvalue weighted by atomic mass is 16.1. The largest absolute Gasteiger partial charge is 0.295 e. The van der Waals surface area contributed by atoms with Crippen molar-refractivity contribution < 1.29 is 4.79 Å². The number of nitrogens with zero attached hydrogens (tertiary/aromatic N) is 3. The monoisotopic (exact) mass is 211 g/mol. The first-order chi connectivity index (χ1) is 7.70. The Morgan fingerprint density at radius 1 is 1.38 bits per heavy atom. The second kappa shape index (κ2) is 3.99.